The topological polar surface area (TPSA) is 95.1 Å². The Balaban J connectivity index is 1.55. The Bertz CT molecular complexity index is 782. The molecule has 1 aliphatic carbocycles. The highest BCUT2D eigenvalue weighted by Gasteiger charge is 2.41. The van der Waals surface area contributed by atoms with E-state index < -0.39 is 5.41 Å². The lowest BCUT2D eigenvalue weighted by molar-refractivity contribution is -0.128. The smallest absolute Gasteiger partial charge is 0.291 e. The van der Waals surface area contributed by atoms with Crippen LogP contribution in [0.5, 0.6) is 0 Å². The molecule has 1 fully saturated rings. The van der Waals surface area contributed by atoms with E-state index in [0.717, 1.165) is 18.4 Å². The predicted octanol–water partition coefficient (Wildman–Crippen LogP) is 3.23. The fourth-order valence-electron chi connectivity index (χ4n) is 3.03. The maximum Gasteiger partial charge on any atom is 0.291 e. The van der Waals surface area contributed by atoms with Gasteiger partial charge < -0.3 is 15.1 Å². The highest BCUT2D eigenvalue weighted by Crippen LogP contribution is 2.37. The van der Waals surface area contributed by atoms with E-state index in [1.165, 1.54) is 6.26 Å². The summed E-state index contributed by atoms with van der Waals surface area (Å²) in [7, 11) is 0. The SMILES string of the molecule is N#CC1(C(=O)NCc2ccc(NC(=O)c3ccco3)cc2)CCCC1. The average Bonchev–Trinajstić information content (AvgIpc) is 3.33. The molecule has 0 unspecified atom stereocenters. The number of benzene rings is 1. The highest BCUT2D eigenvalue weighted by molar-refractivity contribution is 6.02. The van der Waals surface area contributed by atoms with Gasteiger partial charge in [0.15, 0.2) is 5.76 Å². The molecule has 128 valence electrons. The van der Waals surface area contributed by atoms with Crippen LogP contribution in [-0.2, 0) is 11.3 Å². The molecular formula is C19H19N3O3. The van der Waals surface area contributed by atoms with E-state index in [0.29, 0.717) is 25.1 Å². The average molecular weight is 337 g/mol. The Kier molecular flexibility index (Phi) is 4.85. The first-order valence-electron chi connectivity index (χ1n) is 8.26. The lowest BCUT2D eigenvalue weighted by atomic mass is 9.87. The van der Waals surface area contributed by atoms with Crippen molar-refractivity contribution >= 4 is 17.5 Å². The molecule has 1 aromatic heterocycles. The summed E-state index contributed by atoms with van der Waals surface area (Å²) in [4.78, 5) is 24.2. The number of hydrogen-bond acceptors (Lipinski definition) is 4. The minimum Gasteiger partial charge on any atom is -0.459 e. The Morgan fingerprint density at radius 2 is 1.88 bits per heavy atom. The van der Waals surface area contributed by atoms with Gasteiger partial charge in [0.25, 0.3) is 5.91 Å². The van der Waals surface area contributed by atoms with Gasteiger partial charge >= 0.3 is 0 Å². The molecule has 6 nitrogen and oxygen atoms in total. The van der Waals surface area contributed by atoms with Crippen LogP contribution in [-0.4, -0.2) is 11.8 Å². The first-order chi connectivity index (χ1) is 12.1. The minimum absolute atomic E-state index is 0.192. The number of rotatable bonds is 5. The molecule has 0 atom stereocenters. The van der Waals surface area contributed by atoms with Crippen molar-refractivity contribution in [2.75, 3.05) is 5.32 Å². The summed E-state index contributed by atoms with van der Waals surface area (Å²) in [6.45, 7) is 0.356. The van der Waals surface area contributed by atoms with Gasteiger partial charge in [-0.2, -0.15) is 5.26 Å². The molecule has 25 heavy (non-hydrogen) atoms. The molecule has 1 aromatic carbocycles. The molecule has 2 aromatic rings. The first-order valence-corrected chi connectivity index (χ1v) is 8.26. The molecule has 3 rings (SSSR count). The van der Waals surface area contributed by atoms with Crippen molar-refractivity contribution in [2.45, 2.75) is 32.2 Å². The standard InChI is InChI=1S/C19H19N3O3/c20-13-19(9-1-2-10-19)18(24)21-12-14-5-7-15(8-6-14)22-17(23)16-4-3-11-25-16/h3-8,11H,1-2,9-10,12H2,(H,21,24)(H,22,23). The van der Waals surface area contributed by atoms with E-state index in [-0.39, 0.29) is 17.6 Å². The minimum atomic E-state index is -0.864. The fourth-order valence-corrected chi connectivity index (χ4v) is 3.03. The molecular weight excluding hydrogens is 318 g/mol. The van der Waals surface area contributed by atoms with Gasteiger partial charge in [-0.15, -0.1) is 0 Å². The zero-order chi connectivity index (χ0) is 17.7. The molecule has 0 radical (unpaired) electrons. The van der Waals surface area contributed by atoms with Gasteiger partial charge in [0.2, 0.25) is 5.91 Å². The zero-order valence-corrected chi connectivity index (χ0v) is 13.7. The number of hydrogen-bond donors (Lipinski definition) is 2. The van der Waals surface area contributed by atoms with Crippen molar-refractivity contribution in [3.63, 3.8) is 0 Å². The van der Waals surface area contributed by atoms with Crippen LogP contribution in [0.2, 0.25) is 0 Å². The molecule has 1 heterocycles. The second-order valence-corrected chi connectivity index (χ2v) is 6.21. The Labute approximate surface area is 145 Å². The van der Waals surface area contributed by atoms with E-state index in [4.69, 9.17) is 4.42 Å². The maximum absolute atomic E-state index is 12.3. The summed E-state index contributed by atoms with van der Waals surface area (Å²) in [5.41, 5.74) is 0.674. The third kappa shape index (κ3) is 3.72. The highest BCUT2D eigenvalue weighted by atomic mass is 16.3. The van der Waals surface area contributed by atoms with E-state index in [1.807, 2.05) is 12.1 Å². The van der Waals surface area contributed by atoms with E-state index in [1.54, 1.807) is 24.3 Å². The number of anilines is 1. The summed E-state index contributed by atoms with van der Waals surface area (Å²) < 4.78 is 5.04. The van der Waals surface area contributed by atoms with Crippen molar-refractivity contribution < 1.29 is 14.0 Å². The third-order valence-electron chi connectivity index (χ3n) is 4.52. The number of amides is 2. The number of furan rings is 1. The fraction of sp³-hybridized carbons (Fsp3) is 0.316. The van der Waals surface area contributed by atoms with E-state index in [2.05, 4.69) is 16.7 Å². The molecule has 0 spiro atoms. The molecule has 2 N–H and O–H groups in total. The predicted molar refractivity (Wildman–Crippen MR) is 91.5 cm³/mol. The molecule has 1 saturated carbocycles. The molecule has 6 heteroatoms. The summed E-state index contributed by atoms with van der Waals surface area (Å²) in [5.74, 6) is -0.263. The van der Waals surface area contributed by atoms with Crippen molar-refractivity contribution in [3.8, 4) is 6.07 Å². The normalized spacial score (nSPS) is 15.3. The van der Waals surface area contributed by atoms with Crippen LogP contribution < -0.4 is 10.6 Å². The van der Waals surface area contributed by atoms with Gasteiger partial charge in [0.05, 0.1) is 12.3 Å². The van der Waals surface area contributed by atoms with E-state index >= 15 is 0 Å². The van der Waals surface area contributed by atoms with Crippen LogP contribution >= 0.6 is 0 Å². The lowest BCUT2D eigenvalue weighted by Gasteiger charge is -2.19. The molecule has 0 saturated heterocycles. The monoisotopic (exact) mass is 337 g/mol. The van der Waals surface area contributed by atoms with Crippen LogP contribution in [0.25, 0.3) is 0 Å². The Morgan fingerprint density at radius 3 is 2.48 bits per heavy atom. The van der Waals surface area contributed by atoms with Crippen LogP contribution in [0.3, 0.4) is 0 Å². The molecule has 1 aliphatic rings. The summed E-state index contributed by atoms with van der Waals surface area (Å²) in [5, 5.41) is 14.9. The van der Waals surface area contributed by atoms with E-state index in [9.17, 15) is 14.9 Å². The molecule has 2 amide bonds. The maximum atomic E-state index is 12.3. The largest absolute Gasteiger partial charge is 0.459 e. The molecule has 0 bridgehead atoms. The quantitative estimate of drug-likeness (QED) is 0.875. The second-order valence-electron chi connectivity index (χ2n) is 6.21. The van der Waals surface area contributed by atoms with Crippen LogP contribution in [0, 0.1) is 16.7 Å². The Hall–Kier alpha value is -3.07. The van der Waals surface area contributed by atoms with Crippen molar-refractivity contribution in [2.24, 2.45) is 5.41 Å². The van der Waals surface area contributed by atoms with Gasteiger partial charge in [-0.3, -0.25) is 9.59 Å². The summed E-state index contributed by atoms with van der Waals surface area (Å²) in [6, 6.07) is 12.6. The Morgan fingerprint density at radius 1 is 1.16 bits per heavy atom. The summed E-state index contributed by atoms with van der Waals surface area (Å²) >= 11 is 0. The third-order valence-corrected chi connectivity index (χ3v) is 4.52. The van der Waals surface area contributed by atoms with Crippen molar-refractivity contribution in [3.05, 3.63) is 54.0 Å². The second kappa shape index (κ2) is 7.22. The zero-order valence-electron chi connectivity index (χ0n) is 13.7. The van der Waals surface area contributed by atoms with Crippen molar-refractivity contribution in [1.82, 2.24) is 5.32 Å². The van der Waals surface area contributed by atoms with Crippen LogP contribution in [0.4, 0.5) is 5.69 Å². The number of nitriles is 1. The summed E-state index contributed by atoms with van der Waals surface area (Å²) in [6.07, 6.45) is 4.55. The number of carbonyl (C=O) groups is 2. The van der Waals surface area contributed by atoms with Gasteiger partial charge in [0, 0.05) is 12.2 Å². The van der Waals surface area contributed by atoms with Crippen molar-refractivity contribution in [1.29, 1.82) is 5.26 Å². The number of nitrogens with zero attached hydrogens (tertiary/aromatic N) is 1. The first kappa shape index (κ1) is 16.8. The van der Waals surface area contributed by atoms with Gasteiger partial charge in [-0.25, -0.2) is 0 Å². The van der Waals surface area contributed by atoms with Crippen LogP contribution in [0.1, 0.15) is 41.8 Å². The lowest BCUT2D eigenvalue weighted by Crippen LogP contribution is -2.37. The van der Waals surface area contributed by atoms with Crippen LogP contribution in [0.15, 0.2) is 47.1 Å². The number of nitrogens with one attached hydrogen (secondary N) is 2. The van der Waals surface area contributed by atoms with Gasteiger partial charge in [-0.05, 0) is 42.7 Å². The van der Waals surface area contributed by atoms with Gasteiger partial charge in [-0.1, -0.05) is 25.0 Å². The number of carbonyl (C=O) groups excluding carboxylic acids is 2. The van der Waals surface area contributed by atoms with Gasteiger partial charge in [0.1, 0.15) is 5.41 Å². The molecule has 0 aliphatic heterocycles.